The normalized spacial score (nSPS) is 21.0. The molecule has 1 N–H and O–H groups in total. The lowest BCUT2D eigenvalue weighted by molar-refractivity contribution is 0.0384. The van der Waals surface area contributed by atoms with E-state index >= 15 is 0 Å². The number of aliphatic hydroxyl groups excluding tert-OH is 1. The quantitative estimate of drug-likeness (QED) is 0.814. The summed E-state index contributed by atoms with van der Waals surface area (Å²) in [5.41, 5.74) is 0. The standard InChI is InChI=1S/C17H27NO3S/c1-12(2)21-17(20)16-7-6-15(22-16)14(19)8-10-18-9-4-5-13(3)11-18/h6-7,12-14,19H,4-5,8-11H2,1-3H3. The first kappa shape index (κ1) is 17.4. The van der Waals surface area contributed by atoms with Gasteiger partial charge >= 0.3 is 5.97 Å². The highest BCUT2D eigenvalue weighted by atomic mass is 32.1. The second kappa shape index (κ2) is 8.09. The van der Waals surface area contributed by atoms with E-state index in [0.29, 0.717) is 11.3 Å². The lowest BCUT2D eigenvalue weighted by Crippen LogP contribution is -2.35. The summed E-state index contributed by atoms with van der Waals surface area (Å²) >= 11 is 1.34. The number of piperidine rings is 1. The fraction of sp³-hybridized carbons (Fsp3) is 0.706. The topological polar surface area (TPSA) is 49.8 Å². The number of rotatable bonds is 6. The summed E-state index contributed by atoms with van der Waals surface area (Å²) < 4.78 is 5.18. The fourth-order valence-electron chi connectivity index (χ4n) is 2.85. The van der Waals surface area contributed by atoms with Gasteiger partial charge in [0.15, 0.2) is 0 Å². The van der Waals surface area contributed by atoms with Crippen molar-refractivity contribution in [2.45, 2.75) is 52.2 Å². The first-order valence-corrected chi connectivity index (χ1v) is 8.98. The maximum atomic E-state index is 11.8. The highest BCUT2D eigenvalue weighted by Gasteiger charge is 2.19. The Kier molecular flexibility index (Phi) is 6.41. The van der Waals surface area contributed by atoms with Gasteiger partial charge in [-0.05, 0) is 57.7 Å². The summed E-state index contributed by atoms with van der Waals surface area (Å²) in [4.78, 5) is 15.7. The van der Waals surface area contributed by atoms with Crippen LogP contribution in [-0.2, 0) is 4.74 Å². The van der Waals surface area contributed by atoms with E-state index in [1.54, 1.807) is 6.07 Å². The van der Waals surface area contributed by atoms with Crippen molar-refractivity contribution in [3.05, 3.63) is 21.9 Å². The molecule has 2 rings (SSSR count). The average Bonchev–Trinajstić information content (AvgIpc) is 2.94. The first-order valence-electron chi connectivity index (χ1n) is 8.17. The van der Waals surface area contributed by atoms with Crippen LogP contribution < -0.4 is 0 Å². The molecule has 124 valence electrons. The van der Waals surface area contributed by atoms with Gasteiger partial charge in [-0.3, -0.25) is 0 Å². The summed E-state index contributed by atoms with van der Waals surface area (Å²) in [6, 6.07) is 3.59. The third-order valence-corrected chi connectivity index (χ3v) is 5.13. The molecule has 1 saturated heterocycles. The zero-order chi connectivity index (χ0) is 16.1. The second-order valence-electron chi connectivity index (χ2n) is 6.51. The SMILES string of the molecule is CC1CCCN(CCC(O)c2ccc(C(=O)OC(C)C)s2)C1. The van der Waals surface area contributed by atoms with Crippen LogP contribution in [0.15, 0.2) is 12.1 Å². The van der Waals surface area contributed by atoms with E-state index in [9.17, 15) is 9.90 Å². The van der Waals surface area contributed by atoms with Crippen LogP contribution >= 0.6 is 11.3 Å². The average molecular weight is 325 g/mol. The molecule has 0 aliphatic carbocycles. The van der Waals surface area contributed by atoms with Crippen LogP contribution in [0.4, 0.5) is 0 Å². The van der Waals surface area contributed by atoms with Crippen LogP contribution in [0.1, 0.15) is 60.7 Å². The van der Waals surface area contributed by atoms with Crippen LogP contribution in [0.5, 0.6) is 0 Å². The molecule has 0 saturated carbocycles. The molecule has 0 amide bonds. The predicted octanol–water partition coefficient (Wildman–Crippen LogP) is 3.47. The second-order valence-corrected chi connectivity index (χ2v) is 7.62. The van der Waals surface area contributed by atoms with Gasteiger partial charge in [-0.25, -0.2) is 4.79 Å². The van der Waals surface area contributed by atoms with Crippen LogP contribution in [-0.4, -0.2) is 41.7 Å². The number of carbonyl (C=O) groups is 1. The van der Waals surface area contributed by atoms with Crippen LogP contribution in [0.25, 0.3) is 0 Å². The number of aliphatic hydroxyl groups is 1. The number of hydrogen-bond donors (Lipinski definition) is 1. The molecule has 4 nitrogen and oxygen atoms in total. The summed E-state index contributed by atoms with van der Waals surface area (Å²) in [7, 11) is 0. The molecule has 1 fully saturated rings. The molecule has 0 aromatic carbocycles. The summed E-state index contributed by atoms with van der Waals surface area (Å²) in [5.74, 6) is 0.452. The third kappa shape index (κ3) is 5.07. The van der Waals surface area contributed by atoms with Gasteiger partial charge in [-0.1, -0.05) is 6.92 Å². The van der Waals surface area contributed by atoms with Crippen molar-refractivity contribution in [2.24, 2.45) is 5.92 Å². The Morgan fingerprint density at radius 3 is 2.95 bits per heavy atom. The van der Waals surface area contributed by atoms with E-state index in [2.05, 4.69) is 11.8 Å². The molecular weight excluding hydrogens is 298 g/mol. The number of esters is 1. The van der Waals surface area contributed by atoms with Gasteiger partial charge in [-0.2, -0.15) is 0 Å². The van der Waals surface area contributed by atoms with E-state index in [-0.39, 0.29) is 12.1 Å². The molecule has 0 radical (unpaired) electrons. The third-order valence-electron chi connectivity index (χ3n) is 3.96. The Bertz CT molecular complexity index is 486. The molecule has 5 heteroatoms. The van der Waals surface area contributed by atoms with Crippen molar-refractivity contribution in [1.82, 2.24) is 4.90 Å². The van der Waals surface area contributed by atoms with Crippen LogP contribution in [0.3, 0.4) is 0 Å². The van der Waals surface area contributed by atoms with Crippen molar-refractivity contribution in [3.8, 4) is 0 Å². The largest absolute Gasteiger partial charge is 0.459 e. The molecule has 22 heavy (non-hydrogen) atoms. The molecule has 1 aliphatic heterocycles. The minimum atomic E-state index is -0.497. The Hall–Kier alpha value is -0.910. The fourth-order valence-corrected chi connectivity index (χ4v) is 3.76. The zero-order valence-electron chi connectivity index (χ0n) is 13.7. The summed E-state index contributed by atoms with van der Waals surface area (Å²) in [6.07, 6.45) is 2.66. The van der Waals surface area contributed by atoms with Gasteiger partial charge in [0.05, 0.1) is 12.2 Å². The number of likely N-dealkylation sites (tertiary alicyclic amines) is 1. The Morgan fingerprint density at radius 2 is 2.27 bits per heavy atom. The van der Waals surface area contributed by atoms with Gasteiger partial charge in [-0.15, -0.1) is 11.3 Å². The highest BCUT2D eigenvalue weighted by molar-refractivity contribution is 7.14. The number of nitrogens with zero attached hydrogens (tertiary/aromatic N) is 1. The molecule has 0 bridgehead atoms. The smallest absolute Gasteiger partial charge is 0.348 e. The Balaban J connectivity index is 1.83. The van der Waals surface area contributed by atoms with Crippen molar-refractivity contribution < 1.29 is 14.6 Å². The molecule has 2 atom stereocenters. The lowest BCUT2D eigenvalue weighted by atomic mass is 10.00. The number of hydrogen-bond acceptors (Lipinski definition) is 5. The van der Waals surface area contributed by atoms with Gasteiger partial charge in [0.2, 0.25) is 0 Å². The molecular formula is C17H27NO3S. The molecule has 1 aliphatic rings. The predicted molar refractivity (Wildman–Crippen MR) is 89.3 cm³/mol. The molecule has 1 aromatic heterocycles. The zero-order valence-corrected chi connectivity index (χ0v) is 14.6. The van der Waals surface area contributed by atoms with Crippen molar-refractivity contribution >= 4 is 17.3 Å². The van der Waals surface area contributed by atoms with E-state index in [4.69, 9.17) is 4.74 Å². The van der Waals surface area contributed by atoms with E-state index in [1.165, 1.54) is 24.2 Å². The van der Waals surface area contributed by atoms with E-state index in [1.807, 2.05) is 19.9 Å². The monoisotopic (exact) mass is 325 g/mol. The Morgan fingerprint density at radius 1 is 1.50 bits per heavy atom. The van der Waals surface area contributed by atoms with E-state index < -0.39 is 6.10 Å². The maximum absolute atomic E-state index is 11.8. The van der Waals surface area contributed by atoms with Gasteiger partial charge < -0.3 is 14.7 Å². The number of ether oxygens (including phenoxy) is 1. The molecule has 0 spiro atoms. The van der Waals surface area contributed by atoms with Crippen molar-refractivity contribution in [2.75, 3.05) is 19.6 Å². The number of thiophene rings is 1. The minimum absolute atomic E-state index is 0.121. The minimum Gasteiger partial charge on any atom is -0.459 e. The van der Waals surface area contributed by atoms with Gasteiger partial charge in [0.25, 0.3) is 0 Å². The summed E-state index contributed by atoms with van der Waals surface area (Å²) in [6.45, 7) is 9.13. The summed E-state index contributed by atoms with van der Waals surface area (Å²) in [5, 5.41) is 10.3. The highest BCUT2D eigenvalue weighted by Crippen LogP contribution is 2.27. The maximum Gasteiger partial charge on any atom is 0.348 e. The Labute approximate surface area is 137 Å². The van der Waals surface area contributed by atoms with Crippen molar-refractivity contribution in [3.63, 3.8) is 0 Å². The van der Waals surface area contributed by atoms with Crippen LogP contribution in [0.2, 0.25) is 0 Å². The van der Waals surface area contributed by atoms with Crippen LogP contribution in [0, 0.1) is 5.92 Å². The molecule has 1 aromatic rings. The first-order chi connectivity index (χ1) is 10.5. The van der Waals surface area contributed by atoms with Gasteiger partial charge in [0, 0.05) is 18.0 Å². The molecule has 2 unspecified atom stereocenters. The van der Waals surface area contributed by atoms with E-state index in [0.717, 1.165) is 30.4 Å². The van der Waals surface area contributed by atoms with Gasteiger partial charge in [0.1, 0.15) is 4.88 Å². The lowest BCUT2D eigenvalue weighted by Gasteiger charge is -2.31. The van der Waals surface area contributed by atoms with Crippen molar-refractivity contribution in [1.29, 1.82) is 0 Å². The molecule has 2 heterocycles. The number of carbonyl (C=O) groups excluding carboxylic acids is 1.